The first-order valence-electron chi connectivity index (χ1n) is 15.5. The average Bonchev–Trinajstić information content (AvgIpc) is 3.31. The number of unbranched alkanes of at least 4 members (excludes halogenated alkanes) is 1. The third-order valence-electron chi connectivity index (χ3n) is 8.19. The molecule has 0 unspecified atom stereocenters. The highest BCUT2D eigenvalue weighted by Gasteiger charge is 2.30. The molecular formula is C37H40ClN3O4. The van der Waals surface area contributed by atoms with E-state index in [0.717, 1.165) is 46.7 Å². The van der Waals surface area contributed by atoms with Gasteiger partial charge < -0.3 is 19.9 Å². The molecule has 7 nitrogen and oxygen atoms in total. The predicted octanol–water partition coefficient (Wildman–Crippen LogP) is 9.05. The van der Waals surface area contributed by atoms with Crippen molar-refractivity contribution in [2.24, 2.45) is 10.7 Å². The smallest absolute Gasteiger partial charge is 0.338 e. The van der Waals surface area contributed by atoms with Gasteiger partial charge in [0.25, 0.3) is 0 Å². The number of carbonyl (C=O) groups excluding carboxylic acids is 1. The molecular weight excluding hydrogens is 586 g/mol. The van der Waals surface area contributed by atoms with E-state index in [2.05, 4.69) is 37.9 Å². The number of hydrogen-bond acceptors (Lipinski definition) is 6. The van der Waals surface area contributed by atoms with Crippen LogP contribution >= 0.6 is 11.6 Å². The largest absolute Gasteiger partial charge is 0.462 e. The molecule has 0 saturated carbocycles. The monoisotopic (exact) mass is 625 g/mol. The quantitative estimate of drug-likeness (QED) is 0.114. The Hall–Kier alpha value is -4.20. The van der Waals surface area contributed by atoms with Gasteiger partial charge in [-0.15, -0.1) is 0 Å². The minimum Gasteiger partial charge on any atom is -0.462 e. The number of nitrogens with one attached hydrogen (secondary N) is 1. The van der Waals surface area contributed by atoms with E-state index >= 15 is 0 Å². The Morgan fingerprint density at radius 2 is 1.76 bits per heavy atom. The van der Waals surface area contributed by atoms with Gasteiger partial charge in [-0.2, -0.15) is 0 Å². The second-order valence-corrected chi connectivity index (χ2v) is 12.3. The van der Waals surface area contributed by atoms with Crippen LogP contribution in [0.15, 0.2) is 71.7 Å². The minimum absolute atomic E-state index is 0.114. The van der Waals surface area contributed by atoms with E-state index < -0.39 is 5.97 Å². The number of fused-ring (bicyclic) bond motifs is 2. The van der Waals surface area contributed by atoms with Crippen LogP contribution in [0.1, 0.15) is 80.4 Å². The van der Waals surface area contributed by atoms with Gasteiger partial charge >= 0.3 is 5.97 Å². The van der Waals surface area contributed by atoms with Crippen LogP contribution < -0.4 is 10.5 Å². The van der Waals surface area contributed by atoms with Gasteiger partial charge in [-0.25, -0.2) is 9.79 Å². The van der Waals surface area contributed by atoms with Crippen molar-refractivity contribution in [1.82, 2.24) is 0 Å². The summed E-state index contributed by atoms with van der Waals surface area (Å²) in [4.78, 5) is 17.2. The second-order valence-electron chi connectivity index (χ2n) is 11.9. The van der Waals surface area contributed by atoms with Gasteiger partial charge in [0.15, 0.2) is 5.84 Å². The van der Waals surface area contributed by atoms with Crippen LogP contribution in [-0.4, -0.2) is 37.5 Å². The Bertz CT molecular complexity index is 1780. The number of halogens is 1. The lowest BCUT2D eigenvalue weighted by Crippen LogP contribution is -2.17. The number of hydrogen-bond donors (Lipinski definition) is 2. The molecule has 45 heavy (non-hydrogen) atoms. The average molecular weight is 626 g/mol. The lowest BCUT2D eigenvalue weighted by molar-refractivity contribution is 0.0452. The van der Waals surface area contributed by atoms with E-state index in [9.17, 15) is 4.79 Å². The van der Waals surface area contributed by atoms with Crippen molar-refractivity contribution in [3.8, 4) is 22.6 Å². The first-order chi connectivity index (χ1) is 21.6. The van der Waals surface area contributed by atoms with Crippen LogP contribution in [0.25, 0.3) is 21.9 Å². The van der Waals surface area contributed by atoms with Crippen molar-refractivity contribution in [3.63, 3.8) is 0 Å². The Labute approximate surface area is 269 Å². The van der Waals surface area contributed by atoms with E-state index in [1.165, 1.54) is 0 Å². The minimum atomic E-state index is -0.423. The van der Waals surface area contributed by atoms with Gasteiger partial charge in [0.1, 0.15) is 17.3 Å². The van der Waals surface area contributed by atoms with Crippen molar-refractivity contribution < 1.29 is 19.0 Å². The first kappa shape index (κ1) is 32.2. The summed E-state index contributed by atoms with van der Waals surface area (Å²) in [6.45, 7) is 10.0. The zero-order valence-electron chi connectivity index (χ0n) is 26.3. The summed E-state index contributed by atoms with van der Waals surface area (Å²) in [7, 11) is 0. The third-order valence-corrected chi connectivity index (χ3v) is 8.52. The summed E-state index contributed by atoms with van der Waals surface area (Å²) in [6.07, 6.45) is 3.79. The van der Waals surface area contributed by atoms with E-state index in [4.69, 9.17) is 37.0 Å². The number of amidine groups is 2. The Morgan fingerprint density at radius 1 is 0.956 bits per heavy atom. The summed E-state index contributed by atoms with van der Waals surface area (Å²) < 4.78 is 17.5. The SMILES string of the molecule is CCCCC(C)(C)c1cc(Oc2cccc(C(=O)OCCCOCC)c2)c2c(-c3ccccc3Cl)c3c(cc2c1)C(=N)N=C3N. The highest BCUT2D eigenvalue weighted by atomic mass is 35.5. The molecule has 3 N–H and O–H groups in total. The molecule has 1 aliphatic heterocycles. The molecule has 234 valence electrons. The molecule has 4 aromatic rings. The molecule has 0 aromatic heterocycles. The fourth-order valence-corrected chi connectivity index (χ4v) is 5.96. The lowest BCUT2D eigenvalue weighted by Gasteiger charge is -2.27. The molecule has 0 atom stereocenters. The highest BCUT2D eigenvalue weighted by molar-refractivity contribution is 6.35. The fourth-order valence-electron chi connectivity index (χ4n) is 5.73. The van der Waals surface area contributed by atoms with Crippen molar-refractivity contribution in [3.05, 3.63) is 94.0 Å². The topological polar surface area (TPSA) is 107 Å². The molecule has 0 bridgehead atoms. The number of benzene rings is 4. The van der Waals surface area contributed by atoms with Crippen LogP contribution in [0.5, 0.6) is 11.5 Å². The summed E-state index contributed by atoms with van der Waals surface area (Å²) in [5.41, 5.74) is 10.6. The van der Waals surface area contributed by atoms with E-state index in [-0.39, 0.29) is 23.7 Å². The predicted molar refractivity (Wildman–Crippen MR) is 182 cm³/mol. The molecule has 8 heteroatoms. The maximum atomic E-state index is 12.9. The summed E-state index contributed by atoms with van der Waals surface area (Å²) in [5, 5.41) is 10.8. The zero-order valence-corrected chi connectivity index (χ0v) is 27.1. The Balaban J connectivity index is 1.67. The number of carbonyl (C=O) groups is 1. The molecule has 0 saturated heterocycles. The van der Waals surface area contributed by atoms with Crippen molar-refractivity contribution in [2.75, 3.05) is 19.8 Å². The van der Waals surface area contributed by atoms with Crippen molar-refractivity contribution in [1.29, 1.82) is 5.41 Å². The second kappa shape index (κ2) is 13.8. The van der Waals surface area contributed by atoms with Crippen LogP contribution in [0.3, 0.4) is 0 Å². The van der Waals surface area contributed by atoms with Gasteiger partial charge in [-0.1, -0.05) is 75.5 Å². The fraction of sp³-hybridized carbons (Fsp3) is 0.324. The Kier molecular flexibility index (Phi) is 9.90. The Morgan fingerprint density at radius 3 is 2.51 bits per heavy atom. The van der Waals surface area contributed by atoms with Crippen molar-refractivity contribution in [2.45, 2.75) is 58.8 Å². The lowest BCUT2D eigenvalue weighted by atomic mass is 9.78. The number of ether oxygens (including phenoxy) is 3. The third kappa shape index (κ3) is 6.90. The van der Waals surface area contributed by atoms with Crippen LogP contribution in [0.2, 0.25) is 5.02 Å². The summed E-state index contributed by atoms with van der Waals surface area (Å²) >= 11 is 6.81. The van der Waals surface area contributed by atoms with Crippen LogP contribution in [-0.2, 0) is 14.9 Å². The van der Waals surface area contributed by atoms with E-state index in [1.807, 2.05) is 43.3 Å². The molecule has 0 spiro atoms. The standard InChI is InChI=1S/C37H40ClN3O4/c1-5-7-16-37(3,4)25-19-24-21-28-33(35(40)41-34(28)39)32(27-14-8-9-15-29(27)38)31(24)30(22-25)45-26-13-10-12-23(20-26)36(42)44-18-11-17-43-6-2/h8-10,12-15,19-22H,5-7,11,16-18H2,1-4H3,(H3,39,40,41). The van der Waals surface area contributed by atoms with Crippen molar-refractivity contribution >= 4 is 40.0 Å². The normalized spacial score (nSPS) is 12.7. The first-order valence-corrected chi connectivity index (χ1v) is 15.9. The molecule has 1 heterocycles. The van der Waals surface area contributed by atoms with E-state index in [0.29, 0.717) is 52.8 Å². The number of nitrogens with zero attached hydrogens (tertiary/aromatic N) is 1. The number of nitrogens with two attached hydrogens (primary N) is 1. The number of rotatable bonds is 13. The maximum absolute atomic E-state index is 12.9. The molecule has 1 aliphatic rings. The summed E-state index contributed by atoms with van der Waals surface area (Å²) in [5.74, 6) is 1.04. The molecule has 0 fully saturated rings. The number of aliphatic imine (C=N–C) groups is 1. The van der Waals surface area contributed by atoms with Gasteiger partial charge in [-0.3, -0.25) is 5.41 Å². The van der Waals surface area contributed by atoms with Gasteiger partial charge in [0.2, 0.25) is 0 Å². The van der Waals surface area contributed by atoms with Gasteiger partial charge in [0, 0.05) is 52.3 Å². The highest BCUT2D eigenvalue weighted by Crippen LogP contribution is 2.46. The molecule has 0 amide bonds. The molecule has 5 rings (SSSR count). The maximum Gasteiger partial charge on any atom is 0.338 e. The molecule has 4 aromatic carbocycles. The molecule has 0 aliphatic carbocycles. The van der Waals surface area contributed by atoms with Crippen LogP contribution in [0, 0.1) is 5.41 Å². The molecule has 0 radical (unpaired) electrons. The van der Waals surface area contributed by atoms with Gasteiger partial charge in [0.05, 0.1) is 12.2 Å². The van der Waals surface area contributed by atoms with Crippen LogP contribution in [0.4, 0.5) is 0 Å². The van der Waals surface area contributed by atoms with Gasteiger partial charge in [-0.05, 0) is 66.1 Å². The zero-order chi connectivity index (χ0) is 32.1. The summed E-state index contributed by atoms with van der Waals surface area (Å²) in [6, 6.07) is 20.8. The number of esters is 1. The van der Waals surface area contributed by atoms with E-state index in [1.54, 1.807) is 18.2 Å².